The Balaban J connectivity index is 3.32. The maximum atomic E-state index is 12.2. The van der Waals surface area contributed by atoms with Crippen molar-refractivity contribution < 1.29 is 13.9 Å². The van der Waals surface area contributed by atoms with Crippen molar-refractivity contribution in [2.45, 2.75) is 19.6 Å². The van der Waals surface area contributed by atoms with Crippen LogP contribution in [0.1, 0.15) is 23.2 Å². The van der Waals surface area contributed by atoms with Crippen LogP contribution in [0.15, 0.2) is 10.9 Å². The summed E-state index contributed by atoms with van der Waals surface area (Å²) >= 11 is 0. The van der Waals surface area contributed by atoms with Gasteiger partial charge >= 0.3 is 0 Å². The third kappa shape index (κ3) is 1.97. The van der Waals surface area contributed by atoms with E-state index in [9.17, 15) is 13.6 Å². The third-order valence-corrected chi connectivity index (χ3v) is 1.86. The maximum Gasteiger partial charge on any atom is 0.278 e. The quantitative estimate of drug-likeness (QED) is 0.660. The van der Waals surface area contributed by atoms with Gasteiger partial charge in [0, 0.05) is 12.1 Å². The number of nitrogens with one attached hydrogen (secondary N) is 1. The van der Waals surface area contributed by atoms with Crippen LogP contribution in [0.4, 0.5) is 8.78 Å². The van der Waals surface area contributed by atoms with Crippen LogP contribution < -0.4 is 11.3 Å². The minimum Gasteiger partial charge on any atom is -0.391 e. The zero-order valence-corrected chi connectivity index (χ0v) is 7.26. The number of halogens is 2. The van der Waals surface area contributed by atoms with E-state index in [0.29, 0.717) is 0 Å². The van der Waals surface area contributed by atoms with Gasteiger partial charge in [-0.25, -0.2) is 8.78 Å². The lowest BCUT2D eigenvalue weighted by molar-refractivity contribution is 0.145. The molecule has 0 aliphatic heterocycles. The van der Waals surface area contributed by atoms with Gasteiger partial charge in [0.1, 0.15) is 0 Å². The molecule has 14 heavy (non-hydrogen) atoms. The number of rotatable bonds is 3. The molecule has 1 rings (SSSR count). The fourth-order valence-electron chi connectivity index (χ4n) is 1.14. The van der Waals surface area contributed by atoms with E-state index in [1.54, 1.807) is 0 Å². The first kappa shape index (κ1) is 10.8. The van der Waals surface area contributed by atoms with Gasteiger partial charge in [-0.3, -0.25) is 4.79 Å². The lowest BCUT2D eigenvalue weighted by Gasteiger charge is -2.06. The van der Waals surface area contributed by atoms with Crippen molar-refractivity contribution in [1.29, 1.82) is 0 Å². The minimum atomic E-state index is -2.75. The van der Waals surface area contributed by atoms with Crippen LogP contribution in [-0.4, -0.2) is 10.1 Å². The van der Waals surface area contributed by atoms with Gasteiger partial charge in [0.2, 0.25) is 0 Å². The average molecular weight is 204 g/mol. The normalized spacial score (nSPS) is 10.9. The molecule has 0 radical (unpaired) electrons. The molecule has 0 fully saturated rings. The molecule has 0 aliphatic carbocycles. The van der Waals surface area contributed by atoms with E-state index >= 15 is 0 Å². The highest BCUT2D eigenvalue weighted by Gasteiger charge is 2.13. The second kappa shape index (κ2) is 4.30. The number of H-pyrrole nitrogens is 1. The highest BCUT2D eigenvalue weighted by atomic mass is 19.3. The summed E-state index contributed by atoms with van der Waals surface area (Å²) in [4.78, 5) is 13.1. The number of nitrogens with two attached hydrogens (primary N) is 1. The molecular weight excluding hydrogens is 194 g/mol. The predicted molar refractivity (Wildman–Crippen MR) is 45.8 cm³/mol. The fourth-order valence-corrected chi connectivity index (χ4v) is 1.14. The second-order valence-electron chi connectivity index (χ2n) is 2.72. The van der Waals surface area contributed by atoms with Crippen molar-refractivity contribution in [3.63, 3.8) is 0 Å². The highest BCUT2D eigenvalue weighted by molar-refractivity contribution is 5.26. The topological polar surface area (TPSA) is 79.1 Å². The van der Waals surface area contributed by atoms with Crippen molar-refractivity contribution in [2.75, 3.05) is 0 Å². The standard InChI is InChI=1S/C8H10F2N2O2/c9-7(10)6-1-4(2-11)5(3-13)8(14)12-6/h1,7,13H,2-3,11H2,(H,12,14). The number of aliphatic hydroxyl groups excluding tert-OH is 1. The molecule has 0 spiro atoms. The first-order valence-corrected chi connectivity index (χ1v) is 3.94. The Morgan fingerprint density at radius 3 is 2.64 bits per heavy atom. The Kier molecular flexibility index (Phi) is 3.32. The predicted octanol–water partition coefficient (Wildman–Crippen LogP) is 0.264. The SMILES string of the molecule is NCc1cc(C(F)F)[nH]c(=O)c1CO. The molecule has 1 aromatic heterocycles. The number of aliphatic hydroxyl groups is 1. The van der Waals surface area contributed by atoms with Gasteiger partial charge in [-0.2, -0.15) is 0 Å². The van der Waals surface area contributed by atoms with E-state index in [1.165, 1.54) is 0 Å². The number of hydrogen-bond donors (Lipinski definition) is 3. The summed E-state index contributed by atoms with van der Waals surface area (Å²) in [6.07, 6.45) is -2.75. The molecule has 1 aromatic rings. The molecule has 0 saturated carbocycles. The van der Waals surface area contributed by atoms with Gasteiger partial charge in [-0.15, -0.1) is 0 Å². The molecule has 4 N–H and O–H groups in total. The number of hydrogen-bond acceptors (Lipinski definition) is 3. The van der Waals surface area contributed by atoms with Crippen molar-refractivity contribution >= 4 is 0 Å². The van der Waals surface area contributed by atoms with Crippen LogP contribution in [0.2, 0.25) is 0 Å². The molecule has 0 unspecified atom stereocenters. The molecule has 78 valence electrons. The second-order valence-corrected chi connectivity index (χ2v) is 2.72. The van der Waals surface area contributed by atoms with E-state index in [2.05, 4.69) is 0 Å². The smallest absolute Gasteiger partial charge is 0.278 e. The van der Waals surface area contributed by atoms with Crippen LogP contribution >= 0.6 is 0 Å². The molecule has 0 bridgehead atoms. The van der Waals surface area contributed by atoms with Crippen LogP contribution in [0.5, 0.6) is 0 Å². The van der Waals surface area contributed by atoms with Crippen molar-refractivity contribution in [1.82, 2.24) is 4.98 Å². The van der Waals surface area contributed by atoms with E-state index in [4.69, 9.17) is 10.8 Å². The molecule has 0 amide bonds. The fraction of sp³-hybridized carbons (Fsp3) is 0.375. The first-order valence-electron chi connectivity index (χ1n) is 3.94. The number of pyridine rings is 1. The Bertz CT molecular complexity index is 376. The Morgan fingerprint density at radius 2 is 2.21 bits per heavy atom. The lowest BCUT2D eigenvalue weighted by atomic mass is 10.1. The molecule has 6 heteroatoms. The summed E-state index contributed by atoms with van der Waals surface area (Å²) in [5.74, 6) is 0. The molecule has 4 nitrogen and oxygen atoms in total. The highest BCUT2D eigenvalue weighted by Crippen LogP contribution is 2.17. The van der Waals surface area contributed by atoms with Gasteiger partial charge in [-0.05, 0) is 11.6 Å². The van der Waals surface area contributed by atoms with E-state index < -0.39 is 24.3 Å². The van der Waals surface area contributed by atoms with E-state index in [-0.39, 0.29) is 17.7 Å². The van der Waals surface area contributed by atoms with Gasteiger partial charge in [-0.1, -0.05) is 0 Å². The van der Waals surface area contributed by atoms with Crippen LogP contribution in [-0.2, 0) is 13.2 Å². The van der Waals surface area contributed by atoms with Gasteiger partial charge in [0.05, 0.1) is 12.3 Å². The average Bonchev–Trinajstić information content (AvgIpc) is 2.16. The molecule has 0 aromatic carbocycles. The molecule has 1 heterocycles. The van der Waals surface area contributed by atoms with Gasteiger partial charge in [0.25, 0.3) is 12.0 Å². The van der Waals surface area contributed by atoms with Gasteiger partial charge < -0.3 is 15.8 Å². The zero-order valence-electron chi connectivity index (χ0n) is 7.26. The molecular formula is C8H10F2N2O2. The summed E-state index contributed by atoms with van der Waals surface area (Å²) in [6, 6.07) is 1.09. The molecule has 0 atom stereocenters. The Labute approximate surface area is 78.4 Å². The monoisotopic (exact) mass is 204 g/mol. The van der Waals surface area contributed by atoms with Gasteiger partial charge in [0.15, 0.2) is 0 Å². The number of aromatic amines is 1. The summed E-state index contributed by atoms with van der Waals surface area (Å²) in [7, 11) is 0. The van der Waals surface area contributed by atoms with Crippen molar-refractivity contribution in [3.8, 4) is 0 Å². The van der Waals surface area contributed by atoms with Crippen LogP contribution in [0.25, 0.3) is 0 Å². The largest absolute Gasteiger partial charge is 0.391 e. The maximum absolute atomic E-state index is 12.2. The summed E-state index contributed by atoms with van der Waals surface area (Å²) < 4.78 is 24.5. The zero-order chi connectivity index (χ0) is 10.7. The van der Waals surface area contributed by atoms with Crippen LogP contribution in [0, 0.1) is 0 Å². The Hall–Kier alpha value is -1.27. The summed E-state index contributed by atoms with van der Waals surface area (Å²) in [5, 5.41) is 8.80. The summed E-state index contributed by atoms with van der Waals surface area (Å²) in [6.45, 7) is -0.565. The number of aromatic nitrogens is 1. The number of alkyl halides is 2. The first-order chi connectivity index (χ1) is 6.60. The third-order valence-electron chi connectivity index (χ3n) is 1.86. The summed E-state index contributed by atoms with van der Waals surface area (Å²) in [5.41, 5.74) is 4.34. The lowest BCUT2D eigenvalue weighted by Crippen LogP contribution is -2.19. The van der Waals surface area contributed by atoms with Crippen LogP contribution in [0.3, 0.4) is 0 Å². The molecule has 0 saturated heterocycles. The molecule has 0 aliphatic rings. The van der Waals surface area contributed by atoms with E-state index in [1.807, 2.05) is 4.98 Å². The van der Waals surface area contributed by atoms with Crippen molar-refractivity contribution in [2.24, 2.45) is 5.73 Å². The van der Waals surface area contributed by atoms with E-state index in [0.717, 1.165) is 6.07 Å². The Morgan fingerprint density at radius 1 is 1.57 bits per heavy atom. The van der Waals surface area contributed by atoms with Crippen molar-refractivity contribution in [3.05, 3.63) is 33.2 Å². The minimum absolute atomic E-state index is 0.0388.